The Bertz CT molecular complexity index is 14.4. The van der Waals surface area contributed by atoms with Crippen LogP contribution in [-0.2, 0) is 80.5 Å². The minimum Gasteiger partial charge on any atom is -2.00 e. The first-order chi connectivity index (χ1) is 0. The van der Waals surface area contributed by atoms with Gasteiger partial charge in [-0.3, -0.25) is 0 Å². The van der Waals surface area contributed by atoms with Gasteiger partial charge in [0.15, 0.2) is 0 Å². The van der Waals surface area contributed by atoms with Gasteiger partial charge in [-0.1, -0.05) is 0 Å². The molecular weight excluding hydrogens is 304 g/mol. The van der Waals surface area contributed by atoms with Gasteiger partial charge in [-0.2, -0.15) is 0 Å². The van der Waals surface area contributed by atoms with Crippen molar-refractivity contribution in [2.24, 2.45) is 0 Å². The summed E-state index contributed by atoms with van der Waals surface area (Å²) in [6.45, 7) is 0. The van der Waals surface area contributed by atoms with Crippen LogP contribution in [0.4, 0.5) is 0 Å². The molecule has 68 valence electrons. The van der Waals surface area contributed by atoms with Gasteiger partial charge in [-0.05, 0) is 0 Å². The molecule has 0 N–H and O–H groups in total. The molecule has 0 aliphatic rings. The standard InChI is InChI=1S/2Mo.7O/q;;7*-2/p+2. The molecule has 0 aromatic carbocycles. The first-order valence-electron chi connectivity index (χ1n) is 0. The SMILES string of the molecule is [H+].[H+].[Mo].[Mo].[O-2].[O-2].[O-2].[O-2].[O-2].[O-2].[O-2]. The Hall–Kier alpha value is 1.10. The van der Waals surface area contributed by atoms with Gasteiger partial charge in [0.25, 0.3) is 0 Å². The van der Waals surface area contributed by atoms with E-state index in [1.165, 1.54) is 0 Å². The van der Waals surface area contributed by atoms with Gasteiger partial charge in [-0.15, -0.1) is 0 Å². The van der Waals surface area contributed by atoms with Gasteiger partial charge in [0, 0.05) is 42.1 Å². The summed E-state index contributed by atoms with van der Waals surface area (Å²) < 4.78 is 0. The van der Waals surface area contributed by atoms with Gasteiger partial charge in [0.1, 0.15) is 0 Å². The molecule has 0 rings (SSSR count). The van der Waals surface area contributed by atoms with Crippen LogP contribution in [0.1, 0.15) is 2.85 Å². The molecule has 0 aliphatic heterocycles. The van der Waals surface area contributed by atoms with Crippen molar-refractivity contribution in [3.8, 4) is 0 Å². The maximum atomic E-state index is 0. The van der Waals surface area contributed by atoms with Crippen LogP contribution in [0.25, 0.3) is 0 Å². The van der Waals surface area contributed by atoms with Crippen LogP contribution in [0.5, 0.6) is 0 Å². The monoisotopic (exact) mass is 310 g/mol. The van der Waals surface area contributed by atoms with E-state index in [1.54, 1.807) is 0 Å². The minimum atomic E-state index is 0. The summed E-state index contributed by atoms with van der Waals surface area (Å²) >= 11 is 0. The molecule has 0 saturated carbocycles. The van der Waals surface area contributed by atoms with E-state index in [-0.39, 0.29) is 83.3 Å². The molecule has 0 amide bonds. The summed E-state index contributed by atoms with van der Waals surface area (Å²) in [7, 11) is 0. The fourth-order valence-corrected chi connectivity index (χ4v) is 0. The third kappa shape index (κ3) is 381. The van der Waals surface area contributed by atoms with Crippen molar-refractivity contribution in [2.45, 2.75) is 0 Å². The Labute approximate surface area is 83.5 Å². The Morgan fingerprint density at radius 3 is 0.333 bits per heavy atom. The number of hydrogen-bond acceptors (Lipinski definition) is 0. The molecule has 0 aliphatic carbocycles. The number of rotatable bonds is 0. The summed E-state index contributed by atoms with van der Waals surface area (Å²) in [5, 5.41) is 0. The second-order valence-electron chi connectivity index (χ2n) is 0. The normalized spacial score (nSPS) is 0. The fraction of sp³-hybridized carbons (Fsp3) is 0. The number of hydrogen-bond donors (Lipinski definition) is 0. The molecule has 0 aromatic heterocycles. The first kappa shape index (κ1) is 695. The van der Waals surface area contributed by atoms with Gasteiger partial charge < -0.3 is 38.3 Å². The predicted octanol–water partition coefficient (Wildman–Crippen LogP) is -0.612. The van der Waals surface area contributed by atoms with Crippen molar-refractivity contribution >= 4 is 0 Å². The molecule has 0 atom stereocenters. The van der Waals surface area contributed by atoms with Gasteiger partial charge >= 0.3 is 2.85 Å². The van der Waals surface area contributed by atoms with E-state index < -0.39 is 0 Å². The Morgan fingerprint density at radius 1 is 0.333 bits per heavy atom. The fourth-order valence-electron chi connectivity index (χ4n) is 0. The van der Waals surface area contributed by atoms with Crippen LogP contribution in [-0.4, -0.2) is 0 Å². The molecule has 7 nitrogen and oxygen atoms in total. The zero-order valence-corrected chi connectivity index (χ0v) is 7.69. The molecule has 0 aromatic rings. The van der Waals surface area contributed by atoms with Gasteiger partial charge in [0.05, 0.1) is 0 Å². The quantitative estimate of drug-likeness (QED) is 0.514. The Morgan fingerprint density at radius 2 is 0.333 bits per heavy atom. The molecular formula is H2Mo2O7-12. The summed E-state index contributed by atoms with van der Waals surface area (Å²) in [5.74, 6) is 0. The average molecular weight is 306 g/mol. The summed E-state index contributed by atoms with van der Waals surface area (Å²) in [6.07, 6.45) is 0. The van der Waals surface area contributed by atoms with Crippen molar-refractivity contribution in [1.29, 1.82) is 0 Å². The maximum absolute atomic E-state index is 0. The Balaban J connectivity index is 0. The van der Waals surface area contributed by atoms with Crippen LogP contribution >= 0.6 is 0 Å². The molecule has 9 heteroatoms. The molecule has 0 fully saturated rings. The zero-order valence-electron chi connectivity index (χ0n) is 5.67. The summed E-state index contributed by atoms with van der Waals surface area (Å²) in [5.41, 5.74) is 0. The van der Waals surface area contributed by atoms with Crippen LogP contribution in [0.2, 0.25) is 0 Å². The smallest absolute Gasteiger partial charge is 1.00 e. The van der Waals surface area contributed by atoms with E-state index >= 15 is 0 Å². The largest absolute Gasteiger partial charge is 2.00 e. The molecule has 0 saturated heterocycles. The van der Waals surface area contributed by atoms with E-state index in [0.717, 1.165) is 0 Å². The minimum absolute atomic E-state index is 0. The average Bonchev–Trinajstić information content (AvgIpc) is 0. The second kappa shape index (κ2) is 496. The van der Waals surface area contributed by atoms with Crippen LogP contribution in [0, 0.1) is 0 Å². The maximum Gasteiger partial charge on any atom is 1.00 e. The van der Waals surface area contributed by atoms with Crippen molar-refractivity contribution in [2.75, 3.05) is 0 Å². The third-order valence-corrected chi connectivity index (χ3v) is 0. The van der Waals surface area contributed by atoms with Crippen LogP contribution in [0.3, 0.4) is 0 Å². The molecule has 0 radical (unpaired) electrons. The molecule has 0 bridgehead atoms. The summed E-state index contributed by atoms with van der Waals surface area (Å²) in [4.78, 5) is 0. The van der Waals surface area contributed by atoms with E-state index in [9.17, 15) is 0 Å². The topological polar surface area (TPSA) is 200 Å². The van der Waals surface area contributed by atoms with E-state index in [0.29, 0.717) is 0 Å². The second-order valence-corrected chi connectivity index (χ2v) is 0. The zero-order chi connectivity index (χ0) is 0. The van der Waals surface area contributed by atoms with Crippen molar-refractivity contribution in [3.63, 3.8) is 0 Å². The molecule has 0 unspecified atom stereocenters. The van der Waals surface area contributed by atoms with E-state index in [4.69, 9.17) is 0 Å². The Kier molecular flexibility index (Phi) is 38300. The van der Waals surface area contributed by atoms with Crippen LogP contribution in [0.15, 0.2) is 0 Å². The van der Waals surface area contributed by atoms with E-state index in [1.807, 2.05) is 0 Å². The van der Waals surface area contributed by atoms with Crippen molar-refractivity contribution < 1.29 is 83.3 Å². The summed E-state index contributed by atoms with van der Waals surface area (Å²) in [6, 6.07) is 0. The molecule has 0 heterocycles. The van der Waals surface area contributed by atoms with E-state index in [2.05, 4.69) is 0 Å². The van der Waals surface area contributed by atoms with Gasteiger partial charge in [-0.25, -0.2) is 0 Å². The van der Waals surface area contributed by atoms with Gasteiger partial charge in [0.2, 0.25) is 0 Å². The first-order valence-corrected chi connectivity index (χ1v) is 0. The molecule has 9 heavy (non-hydrogen) atoms. The van der Waals surface area contributed by atoms with Crippen molar-refractivity contribution in [3.05, 3.63) is 0 Å². The van der Waals surface area contributed by atoms with Crippen LogP contribution < -0.4 is 0 Å². The third-order valence-electron chi connectivity index (χ3n) is 0. The predicted molar refractivity (Wildman–Crippen MR) is 7.03 cm³/mol. The molecule has 0 spiro atoms. The van der Waals surface area contributed by atoms with Crippen molar-refractivity contribution in [1.82, 2.24) is 0 Å².